The van der Waals surface area contributed by atoms with Crippen molar-refractivity contribution in [1.29, 1.82) is 0 Å². The van der Waals surface area contributed by atoms with Gasteiger partial charge in [-0.05, 0) is 37.5 Å². The molecule has 0 saturated carbocycles. The Hall–Kier alpha value is -2.18. The van der Waals surface area contributed by atoms with Crippen LogP contribution >= 0.6 is 0 Å². The molecule has 1 amide bonds. The second-order valence-electron chi connectivity index (χ2n) is 6.00. The molecule has 0 radical (unpaired) electrons. The Kier molecular flexibility index (Phi) is 6.73. The van der Waals surface area contributed by atoms with Crippen LogP contribution in [0.1, 0.15) is 23.1 Å². The third kappa shape index (κ3) is 5.99. The average Bonchev–Trinajstić information content (AvgIpc) is 2.57. The molecule has 0 aliphatic heterocycles. The van der Waals surface area contributed by atoms with Crippen molar-refractivity contribution in [2.45, 2.75) is 31.6 Å². The molecule has 25 heavy (non-hydrogen) atoms. The van der Waals surface area contributed by atoms with E-state index >= 15 is 0 Å². The summed E-state index contributed by atoms with van der Waals surface area (Å²) >= 11 is 0. The summed E-state index contributed by atoms with van der Waals surface area (Å²) in [6.07, 6.45) is 1.05. The quantitative estimate of drug-likeness (QED) is 0.710. The van der Waals surface area contributed by atoms with E-state index in [0.29, 0.717) is 18.4 Å². The molecular weight excluding hydrogens is 336 g/mol. The second-order valence-corrected chi connectivity index (χ2v) is 7.74. The van der Waals surface area contributed by atoms with Crippen LogP contribution in [0.5, 0.6) is 0 Å². The first-order chi connectivity index (χ1) is 11.9. The summed E-state index contributed by atoms with van der Waals surface area (Å²) < 4.78 is 27.1. The number of hydrogen-bond donors (Lipinski definition) is 2. The number of benzene rings is 2. The largest absolute Gasteiger partial charge is 0.355 e. The molecule has 2 N–H and O–H groups in total. The van der Waals surface area contributed by atoms with E-state index in [1.54, 1.807) is 19.1 Å². The van der Waals surface area contributed by atoms with Crippen molar-refractivity contribution in [2.75, 3.05) is 13.1 Å². The molecule has 0 aliphatic rings. The zero-order valence-corrected chi connectivity index (χ0v) is 15.4. The first-order valence-corrected chi connectivity index (χ1v) is 9.74. The predicted octanol–water partition coefficient (Wildman–Crippen LogP) is 2.33. The fourth-order valence-corrected chi connectivity index (χ4v) is 3.81. The third-order valence-electron chi connectivity index (χ3n) is 3.84. The van der Waals surface area contributed by atoms with Gasteiger partial charge in [0.1, 0.15) is 0 Å². The highest BCUT2D eigenvalue weighted by atomic mass is 32.2. The van der Waals surface area contributed by atoms with Crippen LogP contribution in [-0.2, 0) is 21.2 Å². The normalized spacial score (nSPS) is 11.3. The Bertz CT molecular complexity index is 818. The fraction of sp³-hybridized carbons (Fsp3) is 0.316. The van der Waals surface area contributed by atoms with Gasteiger partial charge in [0.2, 0.25) is 15.9 Å². The lowest BCUT2D eigenvalue weighted by molar-refractivity contribution is -0.121. The number of carbonyl (C=O) groups excluding carboxylic acids is 1. The van der Waals surface area contributed by atoms with Crippen LogP contribution in [-0.4, -0.2) is 27.4 Å². The number of sulfonamides is 1. The lowest BCUT2D eigenvalue weighted by atomic mass is 10.1. The highest BCUT2D eigenvalue weighted by molar-refractivity contribution is 7.89. The number of aryl methyl sites for hydroxylation is 3. The highest BCUT2D eigenvalue weighted by Crippen LogP contribution is 2.15. The maximum absolute atomic E-state index is 12.3. The van der Waals surface area contributed by atoms with Crippen molar-refractivity contribution in [3.8, 4) is 0 Å². The summed E-state index contributed by atoms with van der Waals surface area (Å²) in [6.45, 7) is 4.11. The maximum Gasteiger partial charge on any atom is 0.240 e. The van der Waals surface area contributed by atoms with Gasteiger partial charge in [-0.3, -0.25) is 4.79 Å². The summed E-state index contributed by atoms with van der Waals surface area (Å²) in [5.41, 5.74) is 2.83. The van der Waals surface area contributed by atoms with Gasteiger partial charge >= 0.3 is 0 Å². The predicted molar refractivity (Wildman–Crippen MR) is 98.9 cm³/mol. The van der Waals surface area contributed by atoms with Crippen LogP contribution in [0.2, 0.25) is 0 Å². The average molecular weight is 360 g/mol. The summed E-state index contributed by atoms with van der Waals surface area (Å²) in [4.78, 5) is 12.1. The number of hydrogen-bond acceptors (Lipinski definition) is 3. The van der Waals surface area contributed by atoms with Gasteiger partial charge in [-0.2, -0.15) is 0 Å². The van der Waals surface area contributed by atoms with Crippen LogP contribution < -0.4 is 10.0 Å². The standard InChI is InChI=1S/C19H24N2O3S/c1-15-8-10-18(16(2)14-15)25(23,24)21-13-12-20-19(22)11-9-17-6-4-3-5-7-17/h3-8,10,14,21H,9,11-13H2,1-2H3,(H,20,22). The Morgan fingerprint density at radius 3 is 2.40 bits per heavy atom. The van der Waals surface area contributed by atoms with E-state index in [-0.39, 0.29) is 23.9 Å². The van der Waals surface area contributed by atoms with Crippen LogP contribution in [0.25, 0.3) is 0 Å². The number of nitrogens with one attached hydrogen (secondary N) is 2. The molecule has 0 unspecified atom stereocenters. The van der Waals surface area contributed by atoms with Gasteiger partial charge in [0, 0.05) is 19.5 Å². The zero-order chi connectivity index (χ0) is 18.3. The molecular formula is C19H24N2O3S. The lowest BCUT2D eigenvalue weighted by Crippen LogP contribution is -2.35. The van der Waals surface area contributed by atoms with Crippen LogP contribution in [0.4, 0.5) is 0 Å². The van der Waals surface area contributed by atoms with Crippen LogP contribution in [0.3, 0.4) is 0 Å². The monoisotopic (exact) mass is 360 g/mol. The van der Waals surface area contributed by atoms with Crippen molar-refractivity contribution in [1.82, 2.24) is 10.0 Å². The lowest BCUT2D eigenvalue weighted by Gasteiger charge is -2.10. The van der Waals surface area contributed by atoms with E-state index < -0.39 is 10.0 Å². The highest BCUT2D eigenvalue weighted by Gasteiger charge is 2.16. The van der Waals surface area contributed by atoms with E-state index in [0.717, 1.165) is 11.1 Å². The smallest absolute Gasteiger partial charge is 0.240 e. The van der Waals surface area contributed by atoms with Crippen molar-refractivity contribution < 1.29 is 13.2 Å². The molecule has 0 heterocycles. The van der Waals surface area contributed by atoms with E-state index in [9.17, 15) is 13.2 Å². The summed E-state index contributed by atoms with van der Waals surface area (Å²) in [5.74, 6) is -0.0884. The van der Waals surface area contributed by atoms with Gasteiger partial charge in [0.25, 0.3) is 0 Å². The van der Waals surface area contributed by atoms with E-state index in [4.69, 9.17) is 0 Å². The van der Waals surface area contributed by atoms with Crippen molar-refractivity contribution in [3.05, 3.63) is 65.2 Å². The fourth-order valence-electron chi connectivity index (χ4n) is 2.56. The number of amides is 1. The first-order valence-electron chi connectivity index (χ1n) is 8.26. The van der Waals surface area contributed by atoms with Gasteiger partial charge in [0.15, 0.2) is 0 Å². The molecule has 0 aromatic heterocycles. The minimum atomic E-state index is -3.56. The van der Waals surface area contributed by atoms with Gasteiger partial charge in [0.05, 0.1) is 4.90 Å². The van der Waals surface area contributed by atoms with E-state index in [2.05, 4.69) is 10.0 Å². The maximum atomic E-state index is 12.3. The molecule has 0 fully saturated rings. The molecule has 2 aromatic carbocycles. The summed E-state index contributed by atoms with van der Waals surface area (Å²) in [7, 11) is -3.56. The zero-order valence-electron chi connectivity index (χ0n) is 14.6. The molecule has 0 spiro atoms. The summed E-state index contributed by atoms with van der Waals surface area (Å²) in [6, 6.07) is 15.0. The molecule has 0 saturated heterocycles. The van der Waals surface area contributed by atoms with Gasteiger partial charge in [-0.25, -0.2) is 13.1 Å². The third-order valence-corrected chi connectivity index (χ3v) is 5.46. The Morgan fingerprint density at radius 2 is 1.72 bits per heavy atom. The van der Waals surface area contributed by atoms with Gasteiger partial charge < -0.3 is 5.32 Å². The molecule has 134 valence electrons. The van der Waals surface area contributed by atoms with Crippen molar-refractivity contribution in [2.24, 2.45) is 0 Å². The number of rotatable bonds is 8. The Balaban J connectivity index is 1.75. The second kappa shape index (κ2) is 8.78. The topological polar surface area (TPSA) is 75.3 Å². The Labute approximate surface area is 149 Å². The Morgan fingerprint density at radius 1 is 1.00 bits per heavy atom. The SMILES string of the molecule is Cc1ccc(S(=O)(=O)NCCNC(=O)CCc2ccccc2)c(C)c1. The molecule has 0 bridgehead atoms. The molecule has 0 atom stereocenters. The molecule has 2 rings (SSSR count). The first kappa shape index (κ1) is 19.1. The van der Waals surface area contributed by atoms with Crippen molar-refractivity contribution >= 4 is 15.9 Å². The summed E-state index contributed by atoms with van der Waals surface area (Å²) in [5, 5.41) is 2.73. The number of carbonyl (C=O) groups is 1. The van der Waals surface area contributed by atoms with Crippen LogP contribution in [0, 0.1) is 13.8 Å². The molecule has 0 aliphatic carbocycles. The molecule has 6 heteroatoms. The van der Waals surface area contributed by atoms with E-state index in [1.165, 1.54) is 0 Å². The van der Waals surface area contributed by atoms with Crippen LogP contribution in [0.15, 0.2) is 53.4 Å². The molecule has 2 aromatic rings. The van der Waals surface area contributed by atoms with Gasteiger partial charge in [-0.1, -0.05) is 48.0 Å². The minimum Gasteiger partial charge on any atom is -0.355 e. The van der Waals surface area contributed by atoms with E-state index in [1.807, 2.05) is 43.3 Å². The molecule has 5 nitrogen and oxygen atoms in total. The van der Waals surface area contributed by atoms with Crippen molar-refractivity contribution in [3.63, 3.8) is 0 Å². The van der Waals surface area contributed by atoms with Gasteiger partial charge in [-0.15, -0.1) is 0 Å². The minimum absolute atomic E-state index is 0.0884.